The molecule has 29 heavy (non-hydrogen) atoms. The number of benzene rings is 2. The van der Waals surface area contributed by atoms with Gasteiger partial charge in [-0.1, -0.05) is 11.3 Å². The number of carbonyl (C=O) groups excluding carboxylic acids is 2. The Bertz CT molecular complexity index is 1150. The summed E-state index contributed by atoms with van der Waals surface area (Å²) in [7, 11) is 1.32. The normalized spacial score (nSPS) is 11.6. The molecule has 0 unspecified atom stereocenters. The van der Waals surface area contributed by atoms with Crippen LogP contribution in [0.3, 0.4) is 0 Å². The van der Waals surface area contributed by atoms with E-state index in [4.69, 9.17) is 4.74 Å². The molecule has 0 aliphatic rings. The van der Waals surface area contributed by atoms with E-state index in [1.165, 1.54) is 42.7 Å². The summed E-state index contributed by atoms with van der Waals surface area (Å²) >= 11 is 2.97. The molecule has 3 aromatic rings. The van der Waals surface area contributed by atoms with Gasteiger partial charge < -0.3 is 9.30 Å². The summed E-state index contributed by atoms with van der Waals surface area (Å²) in [5.41, 5.74) is 1.46. The highest BCUT2D eigenvalue weighted by atomic mass is 32.2. The van der Waals surface area contributed by atoms with E-state index in [9.17, 15) is 19.7 Å². The van der Waals surface area contributed by atoms with Gasteiger partial charge >= 0.3 is 5.97 Å². The average molecular weight is 431 g/mol. The topological polar surface area (TPSA) is 104 Å². The van der Waals surface area contributed by atoms with Crippen molar-refractivity contribution in [2.24, 2.45) is 4.99 Å². The summed E-state index contributed by atoms with van der Waals surface area (Å²) in [6.45, 7) is 0.644. The first-order chi connectivity index (χ1) is 13.9. The third-order valence-electron chi connectivity index (χ3n) is 4.15. The molecule has 0 radical (unpaired) electrons. The number of fused-ring (bicyclic) bond motifs is 1. The molecule has 0 N–H and O–H groups in total. The summed E-state index contributed by atoms with van der Waals surface area (Å²) in [6.07, 6.45) is 1.99. The van der Waals surface area contributed by atoms with Crippen molar-refractivity contribution in [3.05, 3.63) is 68.5 Å². The lowest BCUT2D eigenvalue weighted by molar-refractivity contribution is -0.384. The van der Waals surface area contributed by atoms with E-state index in [2.05, 4.69) is 4.99 Å². The summed E-state index contributed by atoms with van der Waals surface area (Å²) in [6, 6.07) is 10.5. The zero-order valence-electron chi connectivity index (χ0n) is 15.7. The molecule has 0 spiro atoms. The smallest absolute Gasteiger partial charge is 0.337 e. The Morgan fingerprint density at radius 1 is 1.21 bits per heavy atom. The maximum Gasteiger partial charge on any atom is 0.337 e. The molecule has 0 saturated carbocycles. The molecule has 2 aromatic carbocycles. The van der Waals surface area contributed by atoms with Crippen molar-refractivity contribution in [2.45, 2.75) is 6.54 Å². The molecule has 0 saturated heterocycles. The van der Waals surface area contributed by atoms with Gasteiger partial charge in [-0.3, -0.25) is 14.9 Å². The first-order valence-corrected chi connectivity index (χ1v) is 10.7. The standard InChI is InChI=1S/C19H17N3O5S2/c1-27-18(24)13-5-8-15-16(11-13)29-19(21(15)9-10-28-2)20-17(23)12-3-6-14(7-4-12)22(25)26/h3-8,11H,9-10H2,1-2H3. The zero-order chi connectivity index (χ0) is 21.0. The number of nitro benzene ring substituents is 1. The maximum atomic E-state index is 12.6. The van der Waals surface area contributed by atoms with Crippen LogP contribution in [0.1, 0.15) is 20.7 Å². The van der Waals surface area contributed by atoms with Crippen LogP contribution in [-0.2, 0) is 11.3 Å². The number of nitro groups is 1. The average Bonchev–Trinajstić information content (AvgIpc) is 3.07. The van der Waals surface area contributed by atoms with E-state index in [1.54, 1.807) is 23.9 Å². The second-order valence-corrected chi connectivity index (χ2v) is 7.92. The third kappa shape index (κ3) is 4.54. The number of amides is 1. The highest BCUT2D eigenvalue weighted by Gasteiger charge is 2.13. The highest BCUT2D eigenvalue weighted by Crippen LogP contribution is 2.21. The second kappa shape index (κ2) is 9.01. The quantitative estimate of drug-likeness (QED) is 0.336. The van der Waals surface area contributed by atoms with Crippen molar-refractivity contribution in [2.75, 3.05) is 19.1 Å². The van der Waals surface area contributed by atoms with Gasteiger partial charge in [0.15, 0.2) is 4.80 Å². The van der Waals surface area contributed by atoms with E-state index in [0.29, 0.717) is 16.9 Å². The van der Waals surface area contributed by atoms with Gasteiger partial charge in [0.1, 0.15) is 0 Å². The number of thiazole rings is 1. The van der Waals surface area contributed by atoms with Gasteiger partial charge in [-0.2, -0.15) is 16.8 Å². The van der Waals surface area contributed by atoms with Crippen LogP contribution in [-0.4, -0.2) is 40.5 Å². The lowest BCUT2D eigenvalue weighted by Gasteiger charge is -2.04. The minimum Gasteiger partial charge on any atom is -0.465 e. The van der Waals surface area contributed by atoms with Gasteiger partial charge in [0, 0.05) is 30.0 Å². The van der Waals surface area contributed by atoms with Crippen LogP contribution in [0.2, 0.25) is 0 Å². The number of esters is 1. The number of rotatable bonds is 6. The molecule has 0 aliphatic carbocycles. The summed E-state index contributed by atoms with van der Waals surface area (Å²) in [4.78, 5) is 39.4. The molecule has 150 valence electrons. The van der Waals surface area contributed by atoms with Crippen LogP contribution < -0.4 is 4.80 Å². The Morgan fingerprint density at radius 3 is 2.52 bits per heavy atom. The van der Waals surface area contributed by atoms with Gasteiger partial charge in [0.25, 0.3) is 11.6 Å². The molecular formula is C19H17N3O5S2. The van der Waals surface area contributed by atoms with Crippen LogP contribution in [0.4, 0.5) is 5.69 Å². The summed E-state index contributed by atoms with van der Waals surface area (Å²) < 4.78 is 7.51. The molecule has 3 rings (SSSR count). The lowest BCUT2D eigenvalue weighted by Crippen LogP contribution is -2.18. The van der Waals surface area contributed by atoms with Gasteiger partial charge in [-0.25, -0.2) is 4.79 Å². The summed E-state index contributed by atoms with van der Waals surface area (Å²) in [5.74, 6) is -0.0994. The number of aryl methyl sites for hydroxylation is 1. The van der Waals surface area contributed by atoms with Gasteiger partial charge in [0.05, 0.1) is 27.8 Å². The van der Waals surface area contributed by atoms with E-state index in [-0.39, 0.29) is 11.3 Å². The number of aromatic nitrogens is 1. The first-order valence-electron chi connectivity index (χ1n) is 8.48. The van der Waals surface area contributed by atoms with Crippen molar-refractivity contribution in [3.63, 3.8) is 0 Å². The van der Waals surface area contributed by atoms with Crippen LogP contribution in [0.25, 0.3) is 10.2 Å². The summed E-state index contributed by atoms with van der Waals surface area (Å²) in [5, 5.41) is 10.8. The van der Waals surface area contributed by atoms with E-state index < -0.39 is 16.8 Å². The maximum absolute atomic E-state index is 12.6. The molecule has 0 atom stereocenters. The Kier molecular flexibility index (Phi) is 6.45. The molecule has 0 fully saturated rings. The third-order valence-corrected chi connectivity index (χ3v) is 5.78. The Morgan fingerprint density at radius 2 is 1.90 bits per heavy atom. The molecule has 1 amide bonds. The van der Waals surface area contributed by atoms with Crippen molar-refractivity contribution in [3.8, 4) is 0 Å². The number of ether oxygens (including phenoxy) is 1. The SMILES string of the molecule is COC(=O)c1ccc2c(c1)sc(=NC(=O)c1ccc([N+](=O)[O-])cc1)n2CCSC. The van der Waals surface area contributed by atoms with Crippen LogP contribution in [0, 0.1) is 10.1 Å². The van der Waals surface area contributed by atoms with Gasteiger partial charge in [0.2, 0.25) is 0 Å². The fraction of sp³-hybridized carbons (Fsp3) is 0.211. The molecule has 10 heteroatoms. The van der Waals surface area contributed by atoms with Gasteiger partial charge in [-0.15, -0.1) is 0 Å². The van der Waals surface area contributed by atoms with Gasteiger partial charge in [-0.05, 0) is 36.6 Å². The predicted octanol–water partition coefficient (Wildman–Crippen LogP) is 3.50. The molecule has 0 bridgehead atoms. The van der Waals surface area contributed by atoms with Crippen LogP contribution in [0.5, 0.6) is 0 Å². The fourth-order valence-corrected chi connectivity index (χ4v) is 4.14. The number of thioether (sulfide) groups is 1. The number of nitrogens with zero attached hydrogens (tertiary/aromatic N) is 3. The number of carbonyl (C=O) groups is 2. The molecular weight excluding hydrogens is 414 g/mol. The molecule has 1 heterocycles. The van der Waals surface area contributed by atoms with Crippen LogP contribution >= 0.6 is 23.1 Å². The van der Waals surface area contributed by atoms with Crippen molar-refractivity contribution >= 4 is 50.9 Å². The van der Waals surface area contributed by atoms with E-state index >= 15 is 0 Å². The highest BCUT2D eigenvalue weighted by molar-refractivity contribution is 7.98. The minimum absolute atomic E-state index is 0.0891. The Balaban J connectivity index is 2.06. The largest absolute Gasteiger partial charge is 0.465 e. The minimum atomic E-state index is -0.521. The van der Waals surface area contributed by atoms with E-state index in [0.717, 1.165) is 16.0 Å². The monoisotopic (exact) mass is 431 g/mol. The molecule has 1 aromatic heterocycles. The first kappa shape index (κ1) is 20.7. The fourth-order valence-electron chi connectivity index (χ4n) is 2.68. The van der Waals surface area contributed by atoms with E-state index in [1.807, 2.05) is 16.9 Å². The second-order valence-electron chi connectivity index (χ2n) is 5.92. The van der Waals surface area contributed by atoms with Crippen molar-refractivity contribution < 1.29 is 19.2 Å². The van der Waals surface area contributed by atoms with Crippen molar-refractivity contribution in [1.29, 1.82) is 0 Å². The molecule has 0 aliphatic heterocycles. The number of hydrogen-bond acceptors (Lipinski definition) is 7. The molecule has 8 nitrogen and oxygen atoms in total. The predicted molar refractivity (Wildman–Crippen MR) is 113 cm³/mol. The number of hydrogen-bond donors (Lipinski definition) is 0. The van der Waals surface area contributed by atoms with Crippen molar-refractivity contribution in [1.82, 2.24) is 4.57 Å². The Labute approximate surface area is 174 Å². The number of non-ortho nitro benzene ring substituents is 1. The Hall–Kier alpha value is -2.98. The van der Waals surface area contributed by atoms with Crippen LogP contribution in [0.15, 0.2) is 47.5 Å². The lowest BCUT2D eigenvalue weighted by atomic mass is 10.2. The zero-order valence-corrected chi connectivity index (χ0v) is 17.3. The number of methoxy groups -OCH3 is 1.